The minimum absolute atomic E-state index is 1.08. The maximum absolute atomic E-state index is 3.36. The van der Waals surface area contributed by atoms with Gasteiger partial charge in [0.15, 0.2) is 0 Å². The van der Waals surface area contributed by atoms with Crippen molar-refractivity contribution < 1.29 is 0 Å². The van der Waals surface area contributed by atoms with Crippen LogP contribution in [0.2, 0.25) is 0 Å². The summed E-state index contributed by atoms with van der Waals surface area (Å²) in [7, 11) is 6.10. The fourth-order valence-electron chi connectivity index (χ4n) is 0.540. The first-order valence-corrected chi connectivity index (χ1v) is 6.98. The van der Waals surface area contributed by atoms with Crippen LogP contribution in [0.25, 0.3) is 0 Å². The van der Waals surface area contributed by atoms with Gasteiger partial charge in [-0.25, -0.2) is 0 Å². The molecule has 112 valence electrons. The van der Waals surface area contributed by atoms with Crippen LogP contribution >= 0.6 is 0 Å². The lowest BCUT2D eigenvalue weighted by molar-refractivity contribution is 0.407. The Labute approximate surface area is 117 Å². The van der Waals surface area contributed by atoms with E-state index in [0.29, 0.717) is 0 Å². The Morgan fingerprint density at radius 3 is 1.67 bits per heavy atom. The number of nitrogens with zero attached hydrogens (tertiary/aromatic N) is 1. The van der Waals surface area contributed by atoms with Gasteiger partial charge in [0, 0.05) is 13.1 Å². The zero-order chi connectivity index (χ0) is 15.4. The molecule has 0 spiro atoms. The second-order valence-electron chi connectivity index (χ2n) is 3.80. The van der Waals surface area contributed by atoms with Crippen molar-refractivity contribution in [2.75, 3.05) is 34.2 Å². The number of allylic oxidation sites excluding steroid dienone is 3. The molecule has 2 nitrogen and oxygen atoms in total. The van der Waals surface area contributed by atoms with Crippen molar-refractivity contribution in [3.8, 4) is 0 Å². The quantitative estimate of drug-likeness (QED) is 0.754. The molecule has 0 aromatic heterocycles. The molecule has 0 radical (unpaired) electrons. The molecule has 2 heteroatoms. The molecule has 0 saturated heterocycles. The Bertz CT molecular complexity index is 149. The first kappa shape index (κ1) is 26.1. The van der Waals surface area contributed by atoms with Crippen LogP contribution in [0.15, 0.2) is 24.3 Å². The predicted molar refractivity (Wildman–Crippen MR) is 89.4 cm³/mol. The third-order valence-electron chi connectivity index (χ3n) is 1.86. The van der Waals surface area contributed by atoms with Crippen molar-refractivity contribution in [2.24, 2.45) is 0 Å². The van der Waals surface area contributed by atoms with Crippen LogP contribution in [0.5, 0.6) is 0 Å². The van der Waals surface area contributed by atoms with Crippen LogP contribution in [0.3, 0.4) is 0 Å². The van der Waals surface area contributed by atoms with E-state index in [0.717, 1.165) is 13.1 Å². The highest BCUT2D eigenvalue weighted by Crippen LogP contribution is 1.94. The molecule has 0 aliphatic heterocycles. The molecular weight excluding hydrogens is 220 g/mol. The summed E-state index contributed by atoms with van der Waals surface area (Å²) in [6, 6.07) is 0. The minimum atomic E-state index is 1.08. The monoisotopic (exact) mass is 258 g/mol. The Morgan fingerprint density at radius 1 is 1.22 bits per heavy atom. The van der Waals surface area contributed by atoms with Crippen LogP contribution in [-0.4, -0.2) is 39.1 Å². The van der Waals surface area contributed by atoms with Gasteiger partial charge in [0.25, 0.3) is 0 Å². The van der Waals surface area contributed by atoms with Gasteiger partial charge in [-0.1, -0.05) is 38.5 Å². The molecular formula is C16H38N2. The van der Waals surface area contributed by atoms with Gasteiger partial charge in [0.2, 0.25) is 0 Å². The Morgan fingerprint density at radius 2 is 1.61 bits per heavy atom. The number of likely N-dealkylation sites (N-methyl/N-ethyl adjacent to an activating group) is 2. The van der Waals surface area contributed by atoms with Crippen LogP contribution in [-0.2, 0) is 0 Å². The molecule has 0 fully saturated rings. The van der Waals surface area contributed by atoms with Gasteiger partial charge in [-0.2, -0.15) is 0 Å². The predicted octanol–water partition coefficient (Wildman–Crippen LogP) is 4.35. The molecule has 0 bridgehead atoms. The smallest absolute Gasteiger partial charge is 0.0101 e. The van der Waals surface area contributed by atoms with Crippen molar-refractivity contribution in [1.29, 1.82) is 0 Å². The van der Waals surface area contributed by atoms with Gasteiger partial charge in [-0.15, -0.1) is 6.58 Å². The standard InChI is InChI=1S/C6H12.C5H14N2.C3H6.C2H6/c1-4-6(3)5-2;1-6-4-5-7(2)3;1-3-2;1-2/h4H,5H2,1-3H3;6H,4-5H2,1-3H3;3H,1H2,2H3;1-2H3/b6-4-;;;. The van der Waals surface area contributed by atoms with E-state index in [2.05, 4.69) is 57.7 Å². The van der Waals surface area contributed by atoms with E-state index in [4.69, 9.17) is 0 Å². The van der Waals surface area contributed by atoms with Gasteiger partial charge in [0.1, 0.15) is 0 Å². The van der Waals surface area contributed by atoms with Crippen LogP contribution in [0.1, 0.15) is 48.0 Å². The van der Waals surface area contributed by atoms with E-state index in [1.807, 2.05) is 27.8 Å². The summed E-state index contributed by atoms with van der Waals surface area (Å²) < 4.78 is 0. The van der Waals surface area contributed by atoms with E-state index in [9.17, 15) is 0 Å². The molecule has 0 atom stereocenters. The van der Waals surface area contributed by atoms with Crippen LogP contribution in [0.4, 0.5) is 0 Å². The van der Waals surface area contributed by atoms with Crippen molar-refractivity contribution >= 4 is 0 Å². The second-order valence-corrected chi connectivity index (χ2v) is 3.80. The third-order valence-corrected chi connectivity index (χ3v) is 1.86. The first-order valence-electron chi connectivity index (χ1n) is 6.98. The van der Waals surface area contributed by atoms with Gasteiger partial charge >= 0.3 is 0 Å². The highest BCUT2D eigenvalue weighted by atomic mass is 15.1. The number of rotatable bonds is 4. The molecule has 0 rings (SSSR count). The van der Waals surface area contributed by atoms with Gasteiger partial charge in [-0.05, 0) is 48.3 Å². The van der Waals surface area contributed by atoms with Gasteiger partial charge < -0.3 is 10.2 Å². The molecule has 0 heterocycles. The largest absolute Gasteiger partial charge is 0.318 e. The Balaban J connectivity index is -0.0000000811. The zero-order valence-corrected chi connectivity index (χ0v) is 14.4. The van der Waals surface area contributed by atoms with E-state index >= 15 is 0 Å². The summed E-state index contributed by atoms with van der Waals surface area (Å²) in [4.78, 5) is 2.15. The van der Waals surface area contributed by atoms with Gasteiger partial charge in [-0.3, -0.25) is 0 Å². The fraction of sp³-hybridized carbons (Fsp3) is 0.750. The molecule has 0 amide bonds. The maximum Gasteiger partial charge on any atom is 0.0101 e. The van der Waals surface area contributed by atoms with Gasteiger partial charge in [0.05, 0.1) is 0 Å². The summed E-state index contributed by atoms with van der Waals surface area (Å²) in [5, 5.41) is 3.06. The normalized spacial score (nSPS) is 9.11. The number of hydrogen-bond donors (Lipinski definition) is 1. The van der Waals surface area contributed by atoms with E-state index in [-0.39, 0.29) is 0 Å². The molecule has 18 heavy (non-hydrogen) atoms. The zero-order valence-electron chi connectivity index (χ0n) is 14.4. The third kappa shape index (κ3) is 58.3. The highest BCUT2D eigenvalue weighted by Gasteiger charge is 1.82. The second kappa shape index (κ2) is 29.9. The summed E-state index contributed by atoms with van der Waals surface area (Å²) in [6.45, 7) is 17.8. The van der Waals surface area contributed by atoms with Crippen molar-refractivity contribution in [2.45, 2.75) is 48.0 Å². The Hall–Kier alpha value is -0.600. The molecule has 0 unspecified atom stereocenters. The maximum atomic E-state index is 3.36. The van der Waals surface area contributed by atoms with E-state index in [1.165, 1.54) is 12.0 Å². The van der Waals surface area contributed by atoms with Crippen molar-refractivity contribution in [3.05, 3.63) is 24.3 Å². The number of nitrogens with one attached hydrogen (secondary N) is 1. The summed E-state index contributed by atoms with van der Waals surface area (Å²) in [5.41, 5.74) is 1.47. The minimum Gasteiger partial charge on any atom is -0.318 e. The molecule has 0 aliphatic rings. The average Bonchev–Trinajstić information content (AvgIpc) is 2.39. The molecule has 0 aliphatic carbocycles. The van der Waals surface area contributed by atoms with E-state index < -0.39 is 0 Å². The fourth-order valence-corrected chi connectivity index (χ4v) is 0.540. The Kier molecular flexibility index (Phi) is 43.3. The van der Waals surface area contributed by atoms with Crippen molar-refractivity contribution in [1.82, 2.24) is 10.2 Å². The lowest BCUT2D eigenvalue weighted by atomic mass is 10.2. The highest BCUT2D eigenvalue weighted by molar-refractivity contribution is 4.93. The summed E-state index contributed by atoms with van der Waals surface area (Å²) >= 11 is 0. The molecule has 1 N–H and O–H groups in total. The van der Waals surface area contributed by atoms with Crippen LogP contribution < -0.4 is 5.32 Å². The molecule has 0 aromatic rings. The first-order chi connectivity index (χ1) is 8.49. The van der Waals surface area contributed by atoms with Crippen molar-refractivity contribution in [3.63, 3.8) is 0 Å². The topological polar surface area (TPSA) is 15.3 Å². The molecule has 0 saturated carbocycles. The SMILES string of the molecule is C/C=C(/C)CC.C=CC.CC.CNCCN(C)C. The summed E-state index contributed by atoms with van der Waals surface area (Å²) in [6.07, 6.45) is 5.08. The molecule has 0 aromatic carbocycles. The van der Waals surface area contributed by atoms with E-state index in [1.54, 1.807) is 6.08 Å². The average molecular weight is 258 g/mol. The lowest BCUT2D eigenvalue weighted by Crippen LogP contribution is -2.23. The summed E-state index contributed by atoms with van der Waals surface area (Å²) in [5.74, 6) is 0. The lowest BCUT2D eigenvalue weighted by Gasteiger charge is -2.06. The van der Waals surface area contributed by atoms with Crippen LogP contribution in [0, 0.1) is 0 Å². The number of hydrogen-bond acceptors (Lipinski definition) is 2.